The molecule has 1 unspecified atom stereocenters. The summed E-state index contributed by atoms with van der Waals surface area (Å²) in [5.41, 5.74) is 2.35. The van der Waals surface area contributed by atoms with Crippen LogP contribution in [-0.2, 0) is 0 Å². The topological polar surface area (TPSA) is 37.8 Å². The van der Waals surface area contributed by atoms with Crippen LogP contribution in [0.15, 0.2) is 11.6 Å². The zero-order valence-electron chi connectivity index (χ0n) is 9.87. The number of hydrogen-bond donors (Lipinski definition) is 1. The van der Waals surface area contributed by atoms with Crippen LogP contribution in [0.3, 0.4) is 0 Å². The third-order valence-electron chi connectivity index (χ3n) is 2.08. The molecule has 0 saturated carbocycles. The predicted octanol–water partition coefficient (Wildman–Crippen LogP) is 2.85. The highest BCUT2D eigenvalue weighted by Crippen LogP contribution is 2.22. The second kappa shape index (κ2) is 5.98. The van der Waals surface area contributed by atoms with Crippen molar-refractivity contribution >= 4 is 11.5 Å². The fourth-order valence-corrected chi connectivity index (χ4v) is 2.07. The SMILES string of the molecule is CCCNC(C=C(C)C)c1snnc1C. The number of aromatic nitrogens is 2. The number of rotatable bonds is 5. The Morgan fingerprint density at radius 2 is 2.27 bits per heavy atom. The lowest BCUT2D eigenvalue weighted by Crippen LogP contribution is -2.20. The van der Waals surface area contributed by atoms with Crippen LogP contribution < -0.4 is 5.32 Å². The molecule has 1 aromatic heterocycles. The van der Waals surface area contributed by atoms with E-state index in [1.807, 2.05) is 6.92 Å². The van der Waals surface area contributed by atoms with Gasteiger partial charge in [-0.3, -0.25) is 0 Å². The summed E-state index contributed by atoms with van der Waals surface area (Å²) in [6.45, 7) is 9.43. The van der Waals surface area contributed by atoms with Gasteiger partial charge in [-0.2, -0.15) is 0 Å². The van der Waals surface area contributed by atoms with Crippen molar-refractivity contribution in [2.75, 3.05) is 6.54 Å². The highest BCUT2D eigenvalue weighted by atomic mass is 32.1. The van der Waals surface area contributed by atoms with Crippen LogP contribution in [0.5, 0.6) is 0 Å². The maximum atomic E-state index is 4.05. The number of aryl methyl sites for hydroxylation is 1. The minimum atomic E-state index is 0.273. The Balaban J connectivity index is 2.81. The first-order valence-electron chi connectivity index (χ1n) is 5.32. The van der Waals surface area contributed by atoms with Crippen LogP contribution in [-0.4, -0.2) is 16.1 Å². The van der Waals surface area contributed by atoms with Crippen LogP contribution >= 0.6 is 11.5 Å². The lowest BCUT2D eigenvalue weighted by Gasteiger charge is -2.13. The molecule has 1 heterocycles. The third kappa shape index (κ3) is 3.72. The zero-order valence-corrected chi connectivity index (χ0v) is 10.7. The molecule has 0 radical (unpaired) electrons. The molecule has 0 spiro atoms. The second-order valence-electron chi connectivity index (χ2n) is 3.90. The molecule has 1 atom stereocenters. The molecule has 0 aliphatic carbocycles. The van der Waals surface area contributed by atoms with Gasteiger partial charge in [-0.05, 0) is 45.3 Å². The molecule has 0 aliphatic heterocycles. The molecule has 0 saturated heterocycles. The predicted molar refractivity (Wildman–Crippen MR) is 65.1 cm³/mol. The van der Waals surface area contributed by atoms with E-state index in [0.29, 0.717) is 0 Å². The summed E-state index contributed by atoms with van der Waals surface area (Å²) in [4.78, 5) is 1.23. The van der Waals surface area contributed by atoms with Gasteiger partial charge in [0.25, 0.3) is 0 Å². The van der Waals surface area contributed by atoms with Crippen molar-refractivity contribution in [2.45, 2.75) is 40.2 Å². The smallest absolute Gasteiger partial charge is 0.0776 e. The molecule has 15 heavy (non-hydrogen) atoms. The molecule has 0 aromatic carbocycles. The standard InChI is InChI=1S/C11H19N3S/c1-5-6-12-10(7-8(2)3)11-9(4)13-14-15-11/h7,10,12H,5-6H2,1-4H3. The fourth-order valence-electron chi connectivity index (χ4n) is 1.38. The van der Waals surface area contributed by atoms with Crippen molar-refractivity contribution in [2.24, 2.45) is 0 Å². The van der Waals surface area contributed by atoms with Gasteiger partial charge in [-0.25, -0.2) is 0 Å². The molecule has 0 aliphatic rings. The summed E-state index contributed by atoms with van der Waals surface area (Å²) in [7, 11) is 0. The van der Waals surface area contributed by atoms with Gasteiger partial charge in [0.15, 0.2) is 0 Å². The molecule has 0 bridgehead atoms. The molecule has 1 rings (SSSR count). The van der Waals surface area contributed by atoms with Crippen LogP contribution in [0.25, 0.3) is 0 Å². The summed E-state index contributed by atoms with van der Waals surface area (Å²) in [6.07, 6.45) is 3.37. The minimum Gasteiger partial charge on any atom is -0.306 e. The van der Waals surface area contributed by atoms with Crippen LogP contribution in [0.2, 0.25) is 0 Å². The van der Waals surface area contributed by atoms with E-state index in [1.54, 1.807) is 0 Å². The summed E-state index contributed by atoms with van der Waals surface area (Å²) in [6, 6.07) is 0.273. The van der Waals surface area contributed by atoms with Crippen molar-refractivity contribution in [3.63, 3.8) is 0 Å². The summed E-state index contributed by atoms with van der Waals surface area (Å²) >= 11 is 1.48. The van der Waals surface area contributed by atoms with E-state index in [1.165, 1.54) is 22.0 Å². The first-order valence-corrected chi connectivity index (χ1v) is 6.09. The maximum Gasteiger partial charge on any atom is 0.0776 e. The highest BCUT2D eigenvalue weighted by molar-refractivity contribution is 7.05. The van der Waals surface area contributed by atoms with Crippen molar-refractivity contribution in [1.82, 2.24) is 14.9 Å². The van der Waals surface area contributed by atoms with Gasteiger partial charge in [0.05, 0.1) is 16.6 Å². The molecule has 84 valence electrons. The first-order chi connectivity index (χ1) is 7.15. The highest BCUT2D eigenvalue weighted by Gasteiger charge is 2.13. The van der Waals surface area contributed by atoms with Crippen LogP contribution in [0.1, 0.15) is 43.8 Å². The average molecular weight is 225 g/mol. The van der Waals surface area contributed by atoms with Gasteiger partial charge in [0.2, 0.25) is 0 Å². The van der Waals surface area contributed by atoms with Crippen LogP contribution in [0.4, 0.5) is 0 Å². The van der Waals surface area contributed by atoms with Gasteiger partial charge in [0, 0.05) is 0 Å². The third-order valence-corrected chi connectivity index (χ3v) is 2.99. The Hall–Kier alpha value is -0.740. The van der Waals surface area contributed by atoms with E-state index in [2.05, 4.69) is 41.8 Å². The molecule has 1 aromatic rings. The van der Waals surface area contributed by atoms with E-state index in [4.69, 9.17) is 0 Å². The molecular weight excluding hydrogens is 206 g/mol. The molecule has 1 N–H and O–H groups in total. The van der Waals surface area contributed by atoms with Crippen molar-refractivity contribution in [3.05, 3.63) is 22.2 Å². The minimum absolute atomic E-state index is 0.273. The number of allylic oxidation sites excluding steroid dienone is 1. The van der Waals surface area contributed by atoms with Crippen molar-refractivity contribution < 1.29 is 0 Å². The molecule has 0 amide bonds. The lowest BCUT2D eigenvalue weighted by atomic mass is 10.1. The van der Waals surface area contributed by atoms with Crippen molar-refractivity contribution in [1.29, 1.82) is 0 Å². The van der Waals surface area contributed by atoms with Crippen molar-refractivity contribution in [3.8, 4) is 0 Å². The molecule has 3 nitrogen and oxygen atoms in total. The second-order valence-corrected chi connectivity index (χ2v) is 4.68. The van der Waals surface area contributed by atoms with E-state index < -0.39 is 0 Å². The van der Waals surface area contributed by atoms with E-state index in [0.717, 1.165) is 18.7 Å². The Bertz CT molecular complexity index is 326. The zero-order chi connectivity index (χ0) is 11.3. The largest absolute Gasteiger partial charge is 0.306 e. The van der Waals surface area contributed by atoms with E-state index in [-0.39, 0.29) is 6.04 Å². The Morgan fingerprint density at radius 3 is 2.73 bits per heavy atom. The quantitative estimate of drug-likeness (QED) is 0.783. The van der Waals surface area contributed by atoms with Gasteiger partial charge in [-0.15, -0.1) is 5.10 Å². The Labute approximate surface area is 95.8 Å². The number of hydrogen-bond acceptors (Lipinski definition) is 4. The Morgan fingerprint density at radius 1 is 1.53 bits per heavy atom. The van der Waals surface area contributed by atoms with Crippen LogP contribution in [0, 0.1) is 6.92 Å². The normalized spacial score (nSPS) is 12.5. The van der Waals surface area contributed by atoms with Gasteiger partial charge in [-0.1, -0.05) is 23.1 Å². The summed E-state index contributed by atoms with van der Waals surface area (Å²) in [5, 5.41) is 7.55. The number of nitrogens with one attached hydrogen (secondary N) is 1. The molecule has 0 fully saturated rings. The fraction of sp³-hybridized carbons (Fsp3) is 0.636. The summed E-state index contributed by atoms with van der Waals surface area (Å²) < 4.78 is 3.98. The lowest BCUT2D eigenvalue weighted by molar-refractivity contribution is 0.614. The van der Waals surface area contributed by atoms with Gasteiger partial charge in [0.1, 0.15) is 0 Å². The molecular formula is C11H19N3S. The van der Waals surface area contributed by atoms with E-state index in [9.17, 15) is 0 Å². The maximum absolute atomic E-state index is 4.05. The monoisotopic (exact) mass is 225 g/mol. The molecule has 4 heteroatoms. The number of nitrogens with zero attached hydrogens (tertiary/aromatic N) is 2. The van der Waals surface area contributed by atoms with Gasteiger partial charge < -0.3 is 5.32 Å². The average Bonchev–Trinajstić information content (AvgIpc) is 2.58. The summed E-state index contributed by atoms with van der Waals surface area (Å²) in [5.74, 6) is 0. The van der Waals surface area contributed by atoms with E-state index >= 15 is 0 Å². The Kier molecular flexibility index (Phi) is 4.91. The van der Waals surface area contributed by atoms with Gasteiger partial charge >= 0.3 is 0 Å². The first kappa shape index (κ1) is 12.3.